The van der Waals surface area contributed by atoms with Crippen LogP contribution in [0.3, 0.4) is 0 Å². The van der Waals surface area contributed by atoms with Gasteiger partial charge < -0.3 is 4.90 Å². The third kappa shape index (κ3) is 4.32. The van der Waals surface area contributed by atoms with Gasteiger partial charge in [-0.05, 0) is 43.5 Å². The van der Waals surface area contributed by atoms with Crippen LogP contribution < -0.4 is 4.90 Å². The van der Waals surface area contributed by atoms with Crippen molar-refractivity contribution in [3.05, 3.63) is 52.9 Å². The van der Waals surface area contributed by atoms with Crippen LogP contribution in [-0.4, -0.2) is 53.3 Å². The molecule has 3 aromatic rings. The van der Waals surface area contributed by atoms with Gasteiger partial charge in [0.1, 0.15) is 22.8 Å². The van der Waals surface area contributed by atoms with Gasteiger partial charge in [-0.15, -0.1) is 11.3 Å². The summed E-state index contributed by atoms with van der Waals surface area (Å²) >= 11 is 1.09. The fraction of sp³-hybridized carbons (Fsp3) is 0.478. The molecule has 0 aliphatic carbocycles. The van der Waals surface area contributed by atoms with E-state index in [2.05, 4.69) is 26.7 Å². The summed E-state index contributed by atoms with van der Waals surface area (Å²) in [6.07, 6.45) is -1.79. The third-order valence-corrected chi connectivity index (χ3v) is 7.66. The maximum absolute atomic E-state index is 13.1. The number of anilines is 1. The van der Waals surface area contributed by atoms with E-state index in [9.17, 15) is 17.6 Å². The van der Waals surface area contributed by atoms with Crippen LogP contribution in [0.15, 0.2) is 36.7 Å². The molecule has 4 heterocycles. The summed E-state index contributed by atoms with van der Waals surface area (Å²) in [4.78, 5) is 14.2. The SMILES string of the molecule is CC(Cc1ccc(F)cc1)N1CC2(CCN(c3ncnc4sc(CC(F)(F)F)cc34)C2)C1. The van der Waals surface area contributed by atoms with E-state index in [0.717, 1.165) is 67.1 Å². The van der Waals surface area contributed by atoms with Crippen LogP contribution >= 0.6 is 11.3 Å². The van der Waals surface area contributed by atoms with Crippen molar-refractivity contribution in [1.29, 1.82) is 0 Å². The van der Waals surface area contributed by atoms with Crippen LogP contribution in [0.25, 0.3) is 10.2 Å². The Morgan fingerprint density at radius 1 is 1.12 bits per heavy atom. The van der Waals surface area contributed by atoms with E-state index in [4.69, 9.17) is 0 Å². The maximum atomic E-state index is 13.1. The molecule has 1 spiro atoms. The molecule has 2 aromatic heterocycles. The van der Waals surface area contributed by atoms with Gasteiger partial charge in [-0.25, -0.2) is 14.4 Å². The lowest BCUT2D eigenvalue weighted by Gasteiger charge is -2.51. The van der Waals surface area contributed by atoms with Crippen molar-refractivity contribution in [3.8, 4) is 0 Å². The van der Waals surface area contributed by atoms with E-state index >= 15 is 0 Å². The zero-order chi connectivity index (χ0) is 22.5. The highest BCUT2D eigenvalue weighted by Crippen LogP contribution is 2.43. The zero-order valence-corrected chi connectivity index (χ0v) is 18.5. The monoisotopic (exact) mass is 464 g/mol. The smallest absolute Gasteiger partial charge is 0.355 e. The first-order valence-corrected chi connectivity index (χ1v) is 11.6. The van der Waals surface area contributed by atoms with Gasteiger partial charge in [0.25, 0.3) is 0 Å². The third-order valence-electron chi connectivity index (χ3n) is 6.62. The Morgan fingerprint density at radius 2 is 1.88 bits per heavy atom. The Bertz CT molecular complexity index is 1110. The number of benzene rings is 1. The Balaban J connectivity index is 1.24. The van der Waals surface area contributed by atoms with Gasteiger partial charge in [0, 0.05) is 42.5 Å². The van der Waals surface area contributed by atoms with Gasteiger partial charge in [-0.1, -0.05) is 12.1 Å². The number of aromatic nitrogens is 2. The van der Waals surface area contributed by atoms with Gasteiger partial charge in [-0.3, -0.25) is 4.90 Å². The fourth-order valence-corrected chi connectivity index (χ4v) is 6.04. The molecule has 0 bridgehead atoms. The molecular weight excluding hydrogens is 440 g/mol. The number of fused-ring (bicyclic) bond motifs is 1. The van der Waals surface area contributed by atoms with Crippen LogP contribution in [0, 0.1) is 11.2 Å². The molecule has 0 radical (unpaired) electrons. The number of rotatable bonds is 5. The highest BCUT2D eigenvalue weighted by Gasteiger charge is 2.49. The summed E-state index contributed by atoms with van der Waals surface area (Å²) in [5.41, 5.74) is 1.32. The lowest BCUT2D eigenvalue weighted by molar-refractivity contribution is -0.126. The molecule has 0 amide bonds. The first kappa shape index (κ1) is 21.6. The molecule has 5 rings (SSSR count). The largest absolute Gasteiger partial charge is 0.393 e. The maximum Gasteiger partial charge on any atom is 0.393 e. The first-order valence-electron chi connectivity index (χ1n) is 10.7. The van der Waals surface area contributed by atoms with Crippen LogP contribution in [-0.2, 0) is 12.8 Å². The van der Waals surface area contributed by atoms with Crippen molar-refractivity contribution in [3.63, 3.8) is 0 Å². The number of nitrogens with zero attached hydrogens (tertiary/aromatic N) is 4. The summed E-state index contributed by atoms with van der Waals surface area (Å²) in [5.74, 6) is 0.527. The lowest BCUT2D eigenvalue weighted by atomic mass is 9.78. The molecule has 32 heavy (non-hydrogen) atoms. The molecule has 1 atom stereocenters. The summed E-state index contributed by atoms with van der Waals surface area (Å²) in [6.45, 7) is 5.87. The molecule has 0 N–H and O–H groups in total. The molecule has 170 valence electrons. The molecule has 4 nitrogen and oxygen atoms in total. The second-order valence-electron chi connectivity index (χ2n) is 9.18. The molecule has 9 heteroatoms. The minimum Gasteiger partial charge on any atom is -0.355 e. The minimum atomic E-state index is -4.23. The molecule has 1 unspecified atom stereocenters. The number of hydrogen-bond acceptors (Lipinski definition) is 5. The summed E-state index contributed by atoms with van der Waals surface area (Å²) in [7, 11) is 0. The molecule has 2 saturated heterocycles. The van der Waals surface area contributed by atoms with E-state index in [-0.39, 0.29) is 16.1 Å². The van der Waals surface area contributed by atoms with Gasteiger partial charge in [0.15, 0.2) is 0 Å². The molecule has 2 fully saturated rings. The van der Waals surface area contributed by atoms with Crippen LogP contribution in [0.4, 0.5) is 23.4 Å². The second kappa shape index (κ2) is 7.95. The quantitative estimate of drug-likeness (QED) is 0.493. The Kier molecular flexibility index (Phi) is 5.36. The Labute approximate surface area is 187 Å². The normalized spacial score (nSPS) is 19.6. The van der Waals surface area contributed by atoms with Crippen LogP contribution in [0.5, 0.6) is 0 Å². The average molecular weight is 465 g/mol. The predicted molar refractivity (Wildman–Crippen MR) is 118 cm³/mol. The number of alkyl halides is 3. The van der Waals surface area contributed by atoms with Gasteiger partial charge in [0.05, 0.1) is 11.8 Å². The van der Waals surface area contributed by atoms with Crippen molar-refractivity contribution >= 4 is 27.4 Å². The van der Waals surface area contributed by atoms with E-state index in [1.807, 2.05) is 12.1 Å². The predicted octanol–water partition coefficient (Wildman–Crippen LogP) is 5.08. The fourth-order valence-electron chi connectivity index (χ4n) is 5.02. The topological polar surface area (TPSA) is 32.3 Å². The molecule has 2 aliphatic heterocycles. The summed E-state index contributed by atoms with van der Waals surface area (Å²) in [5, 5.41) is 0.717. The van der Waals surface area contributed by atoms with E-state index in [0.29, 0.717) is 10.9 Å². The van der Waals surface area contributed by atoms with Crippen molar-refractivity contribution < 1.29 is 17.6 Å². The van der Waals surface area contributed by atoms with Crippen molar-refractivity contribution in [2.45, 2.75) is 38.4 Å². The number of hydrogen-bond donors (Lipinski definition) is 0. The number of likely N-dealkylation sites (tertiary alicyclic amines) is 1. The highest BCUT2D eigenvalue weighted by atomic mass is 32.1. The number of thiophene rings is 1. The molecular formula is C23H24F4N4S. The first-order chi connectivity index (χ1) is 15.2. The van der Waals surface area contributed by atoms with E-state index in [1.54, 1.807) is 6.07 Å². The Hall–Kier alpha value is -2.26. The summed E-state index contributed by atoms with van der Waals surface area (Å²) in [6, 6.07) is 8.65. The van der Waals surface area contributed by atoms with E-state index in [1.165, 1.54) is 18.5 Å². The lowest BCUT2D eigenvalue weighted by Crippen LogP contribution is -2.60. The number of halogens is 4. The standard InChI is InChI=1S/C23H24F4N4S/c1-15(8-16-2-4-17(24)5-3-16)31-12-22(13-31)6-7-30(11-22)20-19-9-18(10-23(25,26)27)32-21(19)29-14-28-20/h2-5,9,14-15H,6-8,10-13H2,1H3. The van der Waals surface area contributed by atoms with Gasteiger partial charge in [-0.2, -0.15) is 13.2 Å². The zero-order valence-electron chi connectivity index (χ0n) is 17.7. The van der Waals surface area contributed by atoms with E-state index < -0.39 is 12.6 Å². The summed E-state index contributed by atoms with van der Waals surface area (Å²) < 4.78 is 51.6. The minimum absolute atomic E-state index is 0.194. The second-order valence-corrected chi connectivity index (χ2v) is 10.3. The van der Waals surface area contributed by atoms with Crippen molar-refractivity contribution in [2.24, 2.45) is 5.41 Å². The highest BCUT2D eigenvalue weighted by molar-refractivity contribution is 7.18. The average Bonchev–Trinajstić information content (AvgIpc) is 3.31. The van der Waals surface area contributed by atoms with Crippen LogP contribution in [0.2, 0.25) is 0 Å². The van der Waals surface area contributed by atoms with Gasteiger partial charge >= 0.3 is 6.18 Å². The van der Waals surface area contributed by atoms with Crippen LogP contribution in [0.1, 0.15) is 23.8 Å². The Morgan fingerprint density at radius 3 is 2.59 bits per heavy atom. The molecule has 0 saturated carbocycles. The van der Waals surface area contributed by atoms with Gasteiger partial charge in [0.2, 0.25) is 0 Å². The van der Waals surface area contributed by atoms with Crippen molar-refractivity contribution in [1.82, 2.24) is 14.9 Å². The molecule has 1 aromatic carbocycles. The molecule has 2 aliphatic rings. The van der Waals surface area contributed by atoms with Crippen molar-refractivity contribution in [2.75, 3.05) is 31.1 Å².